The first-order valence-electron chi connectivity index (χ1n) is 7.40. The summed E-state index contributed by atoms with van der Waals surface area (Å²) in [7, 11) is 1.95. The van der Waals surface area contributed by atoms with E-state index in [1.807, 2.05) is 17.8 Å². The van der Waals surface area contributed by atoms with Gasteiger partial charge >= 0.3 is 0 Å². The number of nitrogens with zero attached hydrogens (tertiary/aromatic N) is 5. The molecule has 0 spiro atoms. The van der Waals surface area contributed by atoms with Crippen LogP contribution >= 0.6 is 0 Å². The molecule has 1 aliphatic rings. The Balaban J connectivity index is 1.53. The molecule has 3 heterocycles. The molecule has 22 heavy (non-hydrogen) atoms. The lowest BCUT2D eigenvalue weighted by molar-refractivity contribution is -0.0384. The summed E-state index contributed by atoms with van der Waals surface area (Å²) in [6, 6.07) is 6.30. The monoisotopic (exact) mass is 298 g/mol. The average Bonchev–Trinajstić information content (AvgIpc) is 3.17. The smallest absolute Gasteiger partial charge is 0.163 e. The van der Waals surface area contributed by atoms with Gasteiger partial charge in [-0.3, -0.25) is 10.00 Å². The SMILES string of the molecule is Cn1cnnc1[C@H]1CN(Cc2cccc3cn[nH]c23)CCO1. The third kappa shape index (κ3) is 2.38. The second-order valence-corrected chi connectivity index (χ2v) is 5.65. The maximum Gasteiger partial charge on any atom is 0.163 e. The number of aryl methyl sites for hydroxylation is 1. The first-order valence-corrected chi connectivity index (χ1v) is 7.40. The Labute approximate surface area is 127 Å². The van der Waals surface area contributed by atoms with E-state index >= 15 is 0 Å². The quantitative estimate of drug-likeness (QED) is 0.788. The summed E-state index contributed by atoms with van der Waals surface area (Å²) in [6.07, 6.45) is 3.55. The van der Waals surface area contributed by atoms with Crippen LogP contribution in [0.1, 0.15) is 17.5 Å². The largest absolute Gasteiger partial charge is 0.368 e. The molecule has 1 aromatic carbocycles. The molecule has 1 fully saturated rings. The van der Waals surface area contributed by atoms with Crippen molar-refractivity contribution in [3.05, 3.63) is 42.1 Å². The summed E-state index contributed by atoms with van der Waals surface area (Å²) in [5.74, 6) is 0.879. The molecule has 0 saturated carbocycles. The molecule has 0 amide bonds. The zero-order chi connectivity index (χ0) is 14.9. The minimum atomic E-state index is -0.0257. The molecule has 0 unspecified atom stereocenters. The fourth-order valence-corrected chi connectivity index (χ4v) is 2.99. The van der Waals surface area contributed by atoms with E-state index in [9.17, 15) is 0 Å². The molecule has 0 bridgehead atoms. The first kappa shape index (κ1) is 13.4. The van der Waals surface area contributed by atoms with Crippen molar-refractivity contribution in [3.63, 3.8) is 0 Å². The van der Waals surface area contributed by atoms with Gasteiger partial charge in [-0.2, -0.15) is 5.10 Å². The van der Waals surface area contributed by atoms with E-state index < -0.39 is 0 Å². The van der Waals surface area contributed by atoms with Crippen LogP contribution in [0.2, 0.25) is 0 Å². The second-order valence-electron chi connectivity index (χ2n) is 5.65. The minimum Gasteiger partial charge on any atom is -0.368 e. The van der Waals surface area contributed by atoms with Crippen LogP contribution in [-0.4, -0.2) is 49.6 Å². The third-order valence-electron chi connectivity index (χ3n) is 4.14. The molecular formula is C15H18N6O. The first-order chi connectivity index (χ1) is 10.8. The molecule has 0 radical (unpaired) electrons. The molecule has 1 saturated heterocycles. The lowest BCUT2D eigenvalue weighted by Crippen LogP contribution is -2.38. The number of rotatable bonds is 3. The van der Waals surface area contributed by atoms with Gasteiger partial charge in [-0.1, -0.05) is 18.2 Å². The van der Waals surface area contributed by atoms with Crippen LogP contribution in [0.4, 0.5) is 0 Å². The topological polar surface area (TPSA) is 71.9 Å². The maximum atomic E-state index is 5.86. The molecule has 114 valence electrons. The van der Waals surface area contributed by atoms with Crippen LogP contribution in [0, 0.1) is 0 Å². The van der Waals surface area contributed by atoms with Gasteiger partial charge in [-0.15, -0.1) is 10.2 Å². The van der Waals surface area contributed by atoms with Gasteiger partial charge < -0.3 is 9.30 Å². The van der Waals surface area contributed by atoms with Crippen molar-refractivity contribution in [2.24, 2.45) is 7.05 Å². The van der Waals surface area contributed by atoms with Gasteiger partial charge in [0.25, 0.3) is 0 Å². The van der Waals surface area contributed by atoms with Crippen molar-refractivity contribution < 1.29 is 4.74 Å². The number of H-pyrrole nitrogens is 1. The molecular weight excluding hydrogens is 280 g/mol. The third-order valence-corrected chi connectivity index (χ3v) is 4.14. The van der Waals surface area contributed by atoms with E-state index in [0.717, 1.165) is 36.4 Å². The number of hydrogen-bond acceptors (Lipinski definition) is 5. The van der Waals surface area contributed by atoms with E-state index in [1.54, 1.807) is 6.33 Å². The Kier molecular flexibility index (Phi) is 3.36. The lowest BCUT2D eigenvalue weighted by atomic mass is 10.1. The Hall–Kier alpha value is -2.25. The normalized spacial score (nSPS) is 19.8. The van der Waals surface area contributed by atoms with Gasteiger partial charge in [-0.25, -0.2) is 0 Å². The van der Waals surface area contributed by atoms with Gasteiger partial charge in [0.05, 0.1) is 18.3 Å². The fraction of sp³-hybridized carbons (Fsp3) is 0.400. The van der Waals surface area contributed by atoms with Crippen LogP contribution in [0.15, 0.2) is 30.7 Å². The highest BCUT2D eigenvalue weighted by atomic mass is 16.5. The molecule has 4 rings (SSSR count). The summed E-state index contributed by atoms with van der Waals surface area (Å²) in [4.78, 5) is 2.39. The molecule has 1 N–H and O–H groups in total. The van der Waals surface area contributed by atoms with Crippen molar-refractivity contribution in [2.45, 2.75) is 12.6 Å². The molecule has 0 aliphatic carbocycles. The van der Waals surface area contributed by atoms with Crippen LogP contribution in [0.5, 0.6) is 0 Å². The van der Waals surface area contributed by atoms with Crippen molar-refractivity contribution in [3.8, 4) is 0 Å². The number of nitrogens with one attached hydrogen (secondary N) is 1. The zero-order valence-electron chi connectivity index (χ0n) is 12.4. The van der Waals surface area contributed by atoms with Gasteiger partial charge in [0.1, 0.15) is 12.4 Å². The highest BCUT2D eigenvalue weighted by Gasteiger charge is 2.25. The number of aromatic nitrogens is 5. The Morgan fingerprint density at radius 3 is 3.23 bits per heavy atom. The van der Waals surface area contributed by atoms with Crippen molar-refractivity contribution in [1.29, 1.82) is 0 Å². The van der Waals surface area contributed by atoms with Gasteiger partial charge in [0.15, 0.2) is 5.82 Å². The molecule has 1 atom stereocenters. The lowest BCUT2D eigenvalue weighted by Gasteiger charge is -2.32. The summed E-state index contributed by atoms with van der Waals surface area (Å²) < 4.78 is 7.78. The second kappa shape index (κ2) is 5.51. The van der Waals surface area contributed by atoms with Crippen molar-refractivity contribution >= 4 is 10.9 Å². The Bertz CT molecular complexity index is 779. The average molecular weight is 298 g/mol. The van der Waals surface area contributed by atoms with Crippen LogP contribution in [0.3, 0.4) is 0 Å². The number of hydrogen-bond donors (Lipinski definition) is 1. The van der Waals surface area contributed by atoms with Crippen molar-refractivity contribution in [1.82, 2.24) is 29.9 Å². The molecule has 2 aromatic heterocycles. The van der Waals surface area contributed by atoms with E-state index in [4.69, 9.17) is 4.74 Å². The summed E-state index contributed by atoms with van der Waals surface area (Å²) in [5.41, 5.74) is 2.37. The van der Waals surface area contributed by atoms with E-state index in [1.165, 1.54) is 5.56 Å². The van der Waals surface area contributed by atoms with Gasteiger partial charge in [-0.05, 0) is 5.56 Å². The predicted molar refractivity (Wildman–Crippen MR) is 81.1 cm³/mol. The molecule has 7 nitrogen and oxygen atoms in total. The van der Waals surface area contributed by atoms with Crippen LogP contribution in [0.25, 0.3) is 10.9 Å². The molecule has 1 aliphatic heterocycles. The van der Waals surface area contributed by atoms with Gasteiger partial charge in [0.2, 0.25) is 0 Å². The maximum absolute atomic E-state index is 5.86. The Morgan fingerprint density at radius 1 is 1.41 bits per heavy atom. The van der Waals surface area contributed by atoms with E-state index in [-0.39, 0.29) is 6.10 Å². The number of aromatic amines is 1. The number of benzene rings is 1. The summed E-state index contributed by atoms with van der Waals surface area (Å²) >= 11 is 0. The predicted octanol–water partition coefficient (Wildman–Crippen LogP) is 1.26. The van der Waals surface area contributed by atoms with Crippen LogP contribution < -0.4 is 0 Å². The Morgan fingerprint density at radius 2 is 2.36 bits per heavy atom. The number of fused-ring (bicyclic) bond motifs is 1. The fourth-order valence-electron chi connectivity index (χ4n) is 2.99. The molecule has 3 aromatic rings. The van der Waals surface area contributed by atoms with E-state index in [0.29, 0.717) is 6.61 Å². The number of morpholine rings is 1. The van der Waals surface area contributed by atoms with Crippen molar-refractivity contribution in [2.75, 3.05) is 19.7 Å². The minimum absolute atomic E-state index is 0.0257. The number of para-hydroxylation sites is 1. The summed E-state index contributed by atoms with van der Waals surface area (Å²) in [6.45, 7) is 3.31. The number of ether oxygens (including phenoxy) is 1. The van der Waals surface area contributed by atoms with Gasteiger partial charge in [0, 0.05) is 32.1 Å². The molecule has 7 heteroatoms. The van der Waals surface area contributed by atoms with E-state index in [2.05, 4.69) is 43.5 Å². The summed E-state index contributed by atoms with van der Waals surface area (Å²) in [5, 5.41) is 16.5. The standard InChI is InChI=1S/C15H18N6O/c1-20-10-17-19-15(20)13-9-21(5-6-22-13)8-12-4-2-3-11-7-16-18-14(11)12/h2-4,7,10,13H,5-6,8-9H2,1H3,(H,16,18)/t13-/m1/s1. The highest BCUT2D eigenvalue weighted by Crippen LogP contribution is 2.23. The zero-order valence-corrected chi connectivity index (χ0v) is 12.4. The highest BCUT2D eigenvalue weighted by molar-refractivity contribution is 5.81. The van der Waals surface area contributed by atoms with Crippen LogP contribution in [-0.2, 0) is 18.3 Å².